The van der Waals surface area contributed by atoms with E-state index >= 15 is 0 Å². The van der Waals surface area contributed by atoms with Gasteiger partial charge in [-0.15, -0.1) is 0 Å². The van der Waals surface area contributed by atoms with Gasteiger partial charge in [0.1, 0.15) is 0 Å². The quantitative estimate of drug-likeness (QED) is 0.560. The summed E-state index contributed by atoms with van der Waals surface area (Å²) in [7, 11) is 0. The second kappa shape index (κ2) is 7.04. The first kappa shape index (κ1) is 16.0. The van der Waals surface area contributed by atoms with Gasteiger partial charge in [-0.3, -0.25) is 4.79 Å². The van der Waals surface area contributed by atoms with E-state index in [9.17, 15) is 4.79 Å². The molecule has 0 aliphatic heterocycles. The van der Waals surface area contributed by atoms with Gasteiger partial charge in [0.15, 0.2) is 0 Å². The molecule has 0 aliphatic carbocycles. The molecule has 1 N–H and O–H groups in total. The molecule has 0 radical (unpaired) electrons. The van der Waals surface area contributed by atoms with Crippen molar-refractivity contribution in [1.29, 1.82) is 0 Å². The van der Waals surface area contributed by atoms with Gasteiger partial charge in [0.25, 0.3) is 5.91 Å². The van der Waals surface area contributed by atoms with Gasteiger partial charge in [-0.05, 0) is 81.3 Å². The molecule has 0 saturated heterocycles. The molecule has 0 unspecified atom stereocenters. The Morgan fingerprint density at radius 3 is 2.45 bits per heavy atom. The van der Waals surface area contributed by atoms with Gasteiger partial charge in [-0.2, -0.15) is 0 Å². The van der Waals surface area contributed by atoms with Gasteiger partial charge in [-0.25, -0.2) is 0 Å². The number of halogens is 3. The third kappa shape index (κ3) is 4.05. The predicted molar refractivity (Wildman–Crippen MR) is 96.9 cm³/mol. The van der Waals surface area contributed by atoms with E-state index in [2.05, 4.69) is 59.8 Å². The average Bonchev–Trinajstić information content (AvgIpc) is 2.42. The zero-order valence-electron chi connectivity index (χ0n) is 10.7. The number of amides is 1. The molecule has 0 bridgehead atoms. The zero-order valence-corrected chi connectivity index (χ0v) is 16.0. The number of nitrogens with one attached hydrogen (secondary N) is 1. The van der Waals surface area contributed by atoms with Crippen molar-refractivity contribution in [1.82, 2.24) is 5.32 Å². The van der Waals surface area contributed by atoms with Crippen molar-refractivity contribution in [2.24, 2.45) is 0 Å². The molecule has 0 aliphatic rings. The number of rotatable bonds is 3. The summed E-state index contributed by atoms with van der Waals surface area (Å²) in [5.41, 5.74) is 1.73. The van der Waals surface area contributed by atoms with Crippen molar-refractivity contribution in [3.8, 4) is 0 Å². The first-order valence-electron chi connectivity index (χ1n) is 5.99. The fourth-order valence-corrected chi connectivity index (χ4v) is 2.96. The summed E-state index contributed by atoms with van der Waals surface area (Å²) in [4.78, 5) is 12.3. The van der Waals surface area contributed by atoms with Crippen LogP contribution in [0.15, 0.2) is 51.4 Å². The normalized spacial score (nSPS) is 12.0. The summed E-state index contributed by atoms with van der Waals surface area (Å²) in [6, 6.07) is 13.6. The highest BCUT2D eigenvalue weighted by Crippen LogP contribution is 2.21. The maximum absolute atomic E-state index is 12.3. The molecular formula is C15H12Br2INO. The van der Waals surface area contributed by atoms with Gasteiger partial charge < -0.3 is 5.32 Å². The summed E-state index contributed by atoms with van der Waals surface area (Å²) in [6.07, 6.45) is 0. The molecule has 2 nitrogen and oxygen atoms in total. The topological polar surface area (TPSA) is 29.1 Å². The van der Waals surface area contributed by atoms with Crippen LogP contribution < -0.4 is 5.32 Å². The van der Waals surface area contributed by atoms with Gasteiger partial charge in [0.2, 0.25) is 0 Å². The van der Waals surface area contributed by atoms with E-state index in [-0.39, 0.29) is 11.9 Å². The van der Waals surface area contributed by atoms with E-state index in [4.69, 9.17) is 0 Å². The van der Waals surface area contributed by atoms with Crippen LogP contribution in [0.2, 0.25) is 0 Å². The average molecular weight is 509 g/mol. The maximum atomic E-state index is 12.3. The lowest BCUT2D eigenvalue weighted by molar-refractivity contribution is 0.0939. The largest absolute Gasteiger partial charge is 0.345 e. The van der Waals surface area contributed by atoms with Gasteiger partial charge in [0, 0.05) is 12.5 Å². The SMILES string of the molecule is C[C@@H](NC(=O)c1cc(I)ccc1Br)c1ccc(Br)cc1. The van der Waals surface area contributed by atoms with Crippen LogP contribution in [-0.2, 0) is 0 Å². The second-order valence-corrected chi connectivity index (χ2v) is 7.39. The molecule has 0 heterocycles. The number of carbonyl (C=O) groups excluding carboxylic acids is 1. The lowest BCUT2D eigenvalue weighted by Crippen LogP contribution is -2.27. The first-order valence-corrected chi connectivity index (χ1v) is 8.65. The first-order chi connectivity index (χ1) is 9.47. The van der Waals surface area contributed by atoms with Crippen molar-refractivity contribution >= 4 is 60.4 Å². The summed E-state index contributed by atoms with van der Waals surface area (Å²) in [5, 5.41) is 3.01. The highest BCUT2D eigenvalue weighted by molar-refractivity contribution is 14.1. The molecule has 0 saturated carbocycles. The van der Waals surface area contributed by atoms with Crippen molar-refractivity contribution < 1.29 is 4.79 Å². The summed E-state index contributed by atoms with van der Waals surface area (Å²) in [5.74, 6) is -0.0780. The van der Waals surface area contributed by atoms with Crippen LogP contribution in [0, 0.1) is 3.57 Å². The highest BCUT2D eigenvalue weighted by atomic mass is 127. The van der Waals surface area contributed by atoms with Gasteiger partial charge in [0.05, 0.1) is 11.6 Å². The summed E-state index contributed by atoms with van der Waals surface area (Å²) >= 11 is 9.02. The zero-order chi connectivity index (χ0) is 14.7. The van der Waals surface area contributed by atoms with Gasteiger partial charge in [-0.1, -0.05) is 28.1 Å². The monoisotopic (exact) mass is 507 g/mol. The van der Waals surface area contributed by atoms with E-state index in [0.29, 0.717) is 5.56 Å². The molecule has 1 atom stereocenters. The fourth-order valence-electron chi connectivity index (χ4n) is 1.78. The number of hydrogen-bond acceptors (Lipinski definition) is 1. The van der Waals surface area contributed by atoms with E-state index < -0.39 is 0 Å². The number of hydrogen-bond donors (Lipinski definition) is 1. The molecule has 0 aromatic heterocycles. The minimum atomic E-state index is -0.0780. The molecule has 20 heavy (non-hydrogen) atoms. The molecule has 104 valence electrons. The Kier molecular flexibility index (Phi) is 5.63. The lowest BCUT2D eigenvalue weighted by Gasteiger charge is -2.15. The van der Waals surface area contributed by atoms with Crippen LogP contribution >= 0.6 is 54.5 Å². The Hall–Kier alpha value is -0.400. The van der Waals surface area contributed by atoms with E-state index in [1.54, 1.807) is 0 Å². The smallest absolute Gasteiger partial charge is 0.252 e. The van der Waals surface area contributed by atoms with Crippen LogP contribution in [0.4, 0.5) is 0 Å². The van der Waals surface area contributed by atoms with Crippen LogP contribution in [-0.4, -0.2) is 5.91 Å². The number of benzene rings is 2. The number of carbonyl (C=O) groups is 1. The van der Waals surface area contributed by atoms with E-state index in [1.165, 1.54) is 0 Å². The molecule has 1 amide bonds. The Balaban J connectivity index is 2.15. The van der Waals surface area contributed by atoms with Crippen molar-refractivity contribution in [2.45, 2.75) is 13.0 Å². The summed E-state index contributed by atoms with van der Waals surface area (Å²) in [6.45, 7) is 1.98. The molecule has 2 aromatic carbocycles. The minimum Gasteiger partial charge on any atom is -0.345 e. The van der Waals surface area contributed by atoms with Crippen LogP contribution in [0.5, 0.6) is 0 Å². The molecule has 2 rings (SSSR count). The Morgan fingerprint density at radius 2 is 1.80 bits per heavy atom. The Morgan fingerprint density at radius 1 is 1.15 bits per heavy atom. The summed E-state index contributed by atoms with van der Waals surface area (Å²) < 4.78 is 2.87. The second-order valence-electron chi connectivity index (χ2n) is 4.37. The predicted octanol–water partition coefficient (Wildman–Crippen LogP) is 5.31. The van der Waals surface area contributed by atoms with Crippen LogP contribution in [0.1, 0.15) is 28.9 Å². The highest BCUT2D eigenvalue weighted by Gasteiger charge is 2.14. The Labute approximate surface area is 148 Å². The van der Waals surface area contributed by atoms with Gasteiger partial charge >= 0.3 is 0 Å². The molecule has 0 fully saturated rings. The van der Waals surface area contributed by atoms with Crippen molar-refractivity contribution in [3.63, 3.8) is 0 Å². The third-order valence-electron chi connectivity index (χ3n) is 2.89. The molecule has 2 aromatic rings. The van der Waals surface area contributed by atoms with E-state index in [1.807, 2.05) is 49.4 Å². The van der Waals surface area contributed by atoms with Crippen LogP contribution in [0.3, 0.4) is 0 Å². The van der Waals surface area contributed by atoms with Crippen LogP contribution in [0.25, 0.3) is 0 Å². The standard InChI is InChI=1S/C15H12Br2INO/c1-9(10-2-4-11(16)5-3-10)19-15(20)13-8-12(18)6-7-14(13)17/h2-9H,1H3,(H,19,20)/t9-/m1/s1. The maximum Gasteiger partial charge on any atom is 0.252 e. The molecule has 0 spiro atoms. The van der Waals surface area contributed by atoms with Crippen molar-refractivity contribution in [2.75, 3.05) is 0 Å². The Bertz CT molecular complexity index is 628. The van der Waals surface area contributed by atoms with Crippen molar-refractivity contribution in [3.05, 3.63) is 66.1 Å². The lowest BCUT2D eigenvalue weighted by atomic mass is 10.1. The molecular weight excluding hydrogens is 497 g/mol. The van der Waals surface area contributed by atoms with E-state index in [0.717, 1.165) is 18.1 Å². The molecule has 5 heteroatoms. The minimum absolute atomic E-state index is 0.0413. The third-order valence-corrected chi connectivity index (χ3v) is 4.78. The fraction of sp³-hybridized carbons (Fsp3) is 0.133.